The van der Waals surface area contributed by atoms with Crippen LogP contribution in [0.1, 0.15) is 19.2 Å². The molecular weight excluding hydrogens is 272 g/mol. The van der Waals surface area contributed by atoms with Crippen molar-refractivity contribution in [3.05, 3.63) is 21.1 Å². The molecule has 0 aliphatic carbocycles. The van der Waals surface area contributed by atoms with Gasteiger partial charge in [-0.05, 0) is 38.3 Å². The minimum Gasteiger partial charge on any atom is -0.226 e. The normalized spacial score (nSPS) is 10.1. The van der Waals surface area contributed by atoms with Gasteiger partial charge in [-0.25, -0.2) is 9.97 Å². The Balaban J connectivity index is 2.89. The van der Waals surface area contributed by atoms with Crippen molar-refractivity contribution >= 4 is 31.9 Å². The van der Waals surface area contributed by atoms with Crippen LogP contribution in [-0.4, -0.2) is 9.97 Å². The summed E-state index contributed by atoms with van der Waals surface area (Å²) in [6.07, 6.45) is 2.00. The van der Waals surface area contributed by atoms with Crippen LogP contribution in [0.4, 0.5) is 0 Å². The van der Waals surface area contributed by atoms with Gasteiger partial charge in [-0.3, -0.25) is 0 Å². The van der Waals surface area contributed by atoms with Crippen molar-refractivity contribution in [2.45, 2.75) is 19.8 Å². The first-order valence-corrected chi connectivity index (χ1v) is 5.00. The highest BCUT2D eigenvalue weighted by Gasteiger charge is 1.98. The van der Waals surface area contributed by atoms with Crippen LogP contribution in [0, 0.1) is 0 Å². The molecule has 0 spiro atoms. The Labute approximate surface area is 82.7 Å². The Morgan fingerprint density at radius 3 is 2.27 bits per heavy atom. The van der Waals surface area contributed by atoms with Gasteiger partial charge in [0.05, 0.1) is 0 Å². The number of hydrogen-bond acceptors (Lipinski definition) is 2. The van der Waals surface area contributed by atoms with Gasteiger partial charge in [0.25, 0.3) is 0 Å². The molecule has 60 valence electrons. The molecule has 0 aromatic carbocycles. The van der Waals surface area contributed by atoms with Crippen molar-refractivity contribution in [1.82, 2.24) is 9.97 Å². The Hall–Kier alpha value is 0.0400. The molecule has 0 saturated heterocycles. The molecule has 4 heteroatoms. The standard InChI is InChI=1S/C7H8Br2N2/c1-2-3-7-10-5(8)4-6(9)11-7/h4H,2-3H2,1H3. The molecular formula is C7H8Br2N2. The van der Waals surface area contributed by atoms with Gasteiger partial charge in [0, 0.05) is 12.5 Å². The fraction of sp³-hybridized carbons (Fsp3) is 0.429. The van der Waals surface area contributed by atoms with E-state index in [4.69, 9.17) is 0 Å². The van der Waals surface area contributed by atoms with Crippen LogP contribution in [0.15, 0.2) is 15.3 Å². The summed E-state index contributed by atoms with van der Waals surface area (Å²) in [5.74, 6) is 0.883. The first-order valence-electron chi connectivity index (χ1n) is 3.41. The number of halogens is 2. The second-order valence-electron chi connectivity index (χ2n) is 2.18. The van der Waals surface area contributed by atoms with Gasteiger partial charge >= 0.3 is 0 Å². The van der Waals surface area contributed by atoms with E-state index in [9.17, 15) is 0 Å². The molecule has 0 atom stereocenters. The van der Waals surface area contributed by atoms with Gasteiger partial charge < -0.3 is 0 Å². The monoisotopic (exact) mass is 278 g/mol. The summed E-state index contributed by atoms with van der Waals surface area (Å²) in [6.45, 7) is 2.11. The van der Waals surface area contributed by atoms with Gasteiger partial charge in [-0.1, -0.05) is 6.92 Å². The van der Waals surface area contributed by atoms with Gasteiger partial charge in [-0.2, -0.15) is 0 Å². The Bertz CT molecular complexity index is 230. The molecule has 0 unspecified atom stereocenters. The highest BCUT2D eigenvalue weighted by molar-refractivity contribution is 9.11. The first kappa shape index (κ1) is 9.13. The van der Waals surface area contributed by atoms with E-state index in [0.717, 1.165) is 27.9 Å². The average Bonchev–Trinajstić information content (AvgIpc) is 1.85. The minimum absolute atomic E-state index is 0.836. The van der Waals surface area contributed by atoms with Crippen molar-refractivity contribution in [1.29, 1.82) is 0 Å². The fourth-order valence-electron chi connectivity index (χ4n) is 0.770. The predicted molar refractivity (Wildman–Crippen MR) is 51.4 cm³/mol. The molecule has 0 aliphatic rings. The molecule has 1 rings (SSSR count). The van der Waals surface area contributed by atoms with E-state index in [1.807, 2.05) is 6.07 Å². The second-order valence-corrected chi connectivity index (χ2v) is 3.80. The highest BCUT2D eigenvalue weighted by Crippen LogP contribution is 2.13. The maximum absolute atomic E-state index is 4.20. The highest BCUT2D eigenvalue weighted by atomic mass is 79.9. The zero-order valence-corrected chi connectivity index (χ0v) is 9.31. The van der Waals surface area contributed by atoms with Gasteiger partial charge in [-0.15, -0.1) is 0 Å². The molecule has 0 fully saturated rings. The molecule has 11 heavy (non-hydrogen) atoms. The van der Waals surface area contributed by atoms with Crippen molar-refractivity contribution in [3.63, 3.8) is 0 Å². The van der Waals surface area contributed by atoms with E-state index in [0.29, 0.717) is 0 Å². The summed E-state index contributed by atoms with van der Waals surface area (Å²) < 4.78 is 1.67. The SMILES string of the molecule is CCCc1nc(Br)cc(Br)n1. The maximum atomic E-state index is 4.20. The third kappa shape index (κ3) is 2.87. The fourth-order valence-corrected chi connectivity index (χ4v) is 1.92. The van der Waals surface area contributed by atoms with Crippen molar-refractivity contribution in [2.75, 3.05) is 0 Å². The lowest BCUT2D eigenvalue weighted by Gasteiger charge is -1.97. The van der Waals surface area contributed by atoms with Crippen molar-refractivity contribution in [3.8, 4) is 0 Å². The second kappa shape index (κ2) is 4.16. The largest absolute Gasteiger partial charge is 0.226 e. The van der Waals surface area contributed by atoms with E-state index in [2.05, 4.69) is 48.8 Å². The zero-order chi connectivity index (χ0) is 8.27. The molecule has 1 heterocycles. The van der Waals surface area contributed by atoms with Crippen LogP contribution in [0.3, 0.4) is 0 Å². The smallest absolute Gasteiger partial charge is 0.130 e. The Morgan fingerprint density at radius 1 is 1.27 bits per heavy atom. The first-order chi connectivity index (χ1) is 5.22. The van der Waals surface area contributed by atoms with E-state index in [1.165, 1.54) is 0 Å². The van der Waals surface area contributed by atoms with Crippen LogP contribution < -0.4 is 0 Å². The molecule has 0 aliphatic heterocycles. The topological polar surface area (TPSA) is 25.8 Å². The third-order valence-electron chi connectivity index (χ3n) is 1.18. The van der Waals surface area contributed by atoms with Crippen LogP contribution in [0.25, 0.3) is 0 Å². The van der Waals surface area contributed by atoms with Crippen molar-refractivity contribution < 1.29 is 0 Å². The van der Waals surface area contributed by atoms with Gasteiger partial charge in [0.2, 0.25) is 0 Å². The maximum Gasteiger partial charge on any atom is 0.130 e. The van der Waals surface area contributed by atoms with Crippen molar-refractivity contribution in [2.24, 2.45) is 0 Å². The summed E-state index contributed by atoms with van der Waals surface area (Å²) in [7, 11) is 0. The summed E-state index contributed by atoms with van der Waals surface area (Å²) in [6, 6.07) is 1.83. The summed E-state index contributed by atoms with van der Waals surface area (Å²) >= 11 is 6.60. The van der Waals surface area contributed by atoms with E-state index >= 15 is 0 Å². The van der Waals surface area contributed by atoms with Gasteiger partial charge in [0.15, 0.2) is 0 Å². The number of hydrogen-bond donors (Lipinski definition) is 0. The number of nitrogens with zero attached hydrogens (tertiary/aromatic N) is 2. The molecule has 1 aromatic heterocycles. The quantitative estimate of drug-likeness (QED) is 0.778. The average molecular weight is 280 g/mol. The molecule has 0 radical (unpaired) electrons. The Morgan fingerprint density at radius 2 is 1.82 bits per heavy atom. The van der Waals surface area contributed by atoms with Crippen LogP contribution in [0.5, 0.6) is 0 Å². The molecule has 0 bridgehead atoms. The van der Waals surface area contributed by atoms with E-state index in [-0.39, 0.29) is 0 Å². The summed E-state index contributed by atoms with van der Waals surface area (Å²) in [5, 5.41) is 0. The van der Waals surface area contributed by atoms with E-state index < -0.39 is 0 Å². The molecule has 0 amide bonds. The number of rotatable bonds is 2. The van der Waals surface area contributed by atoms with E-state index in [1.54, 1.807) is 0 Å². The molecule has 1 aromatic rings. The van der Waals surface area contributed by atoms with Gasteiger partial charge in [0.1, 0.15) is 15.0 Å². The van der Waals surface area contributed by atoms with Crippen LogP contribution in [-0.2, 0) is 6.42 Å². The summed E-state index contributed by atoms with van der Waals surface area (Å²) in [4.78, 5) is 8.40. The third-order valence-corrected chi connectivity index (χ3v) is 2.00. The van der Waals surface area contributed by atoms with Crippen LogP contribution in [0.2, 0.25) is 0 Å². The Kier molecular flexibility index (Phi) is 3.45. The lowest BCUT2D eigenvalue weighted by Crippen LogP contribution is -1.94. The lowest BCUT2D eigenvalue weighted by atomic mass is 10.3. The lowest BCUT2D eigenvalue weighted by molar-refractivity contribution is 0.823. The summed E-state index contributed by atoms with van der Waals surface area (Å²) in [5.41, 5.74) is 0. The zero-order valence-electron chi connectivity index (χ0n) is 6.14. The molecule has 2 nitrogen and oxygen atoms in total. The predicted octanol–water partition coefficient (Wildman–Crippen LogP) is 2.95. The molecule has 0 N–H and O–H groups in total. The molecule has 0 saturated carbocycles. The number of aromatic nitrogens is 2. The number of aryl methyl sites for hydroxylation is 1. The van der Waals surface area contributed by atoms with Crippen LogP contribution >= 0.6 is 31.9 Å². The minimum atomic E-state index is 0.836.